The average Bonchev–Trinajstić information content (AvgIpc) is 2.84. The van der Waals surface area contributed by atoms with Crippen molar-refractivity contribution in [2.24, 2.45) is 0 Å². The summed E-state index contributed by atoms with van der Waals surface area (Å²) in [5.41, 5.74) is 4.19. The van der Waals surface area contributed by atoms with E-state index in [1.165, 1.54) is 6.07 Å². The van der Waals surface area contributed by atoms with Crippen molar-refractivity contribution < 1.29 is 13.6 Å². The van der Waals surface area contributed by atoms with Gasteiger partial charge in [0.15, 0.2) is 11.6 Å². The Morgan fingerprint density at radius 1 is 1.08 bits per heavy atom. The first-order chi connectivity index (χ1) is 11.4. The molecule has 0 aliphatic heterocycles. The molecule has 0 bridgehead atoms. The van der Waals surface area contributed by atoms with Crippen LogP contribution >= 0.6 is 0 Å². The molecule has 1 aromatic heterocycles. The van der Waals surface area contributed by atoms with Gasteiger partial charge in [-0.2, -0.15) is 0 Å². The molecule has 0 aliphatic carbocycles. The number of hydrogen-bond acceptors (Lipinski definition) is 1. The molecule has 3 nitrogen and oxygen atoms in total. The third kappa shape index (κ3) is 2.89. The maximum absolute atomic E-state index is 13.3. The molecule has 0 fully saturated rings. The molecule has 24 heavy (non-hydrogen) atoms. The van der Waals surface area contributed by atoms with Gasteiger partial charge in [0.05, 0.1) is 6.04 Å². The summed E-state index contributed by atoms with van der Waals surface area (Å²) in [6.07, 6.45) is 0. The smallest absolute Gasteiger partial charge is 0.251 e. The molecule has 5 heteroatoms. The first-order valence-corrected chi connectivity index (χ1v) is 7.71. The molecule has 0 radical (unpaired) electrons. The van der Waals surface area contributed by atoms with Crippen LogP contribution < -0.4 is 5.32 Å². The number of halogens is 2. The summed E-state index contributed by atoms with van der Waals surface area (Å²) >= 11 is 0. The van der Waals surface area contributed by atoms with Crippen molar-refractivity contribution in [1.29, 1.82) is 0 Å². The fourth-order valence-corrected chi connectivity index (χ4v) is 2.75. The van der Waals surface area contributed by atoms with E-state index in [0.717, 1.165) is 34.3 Å². The number of carbonyl (C=O) groups excluding carboxylic acids is 1. The quantitative estimate of drug-likeness (QED) is 0.728. The molecule has 3 aromatic rings. The molecule has 0 saturated carbocycles. The predicted octanol–water partition coefficient (Wildman–Crippen LogP) is 4.55. The molecule has 2 N–H and O–H groups in total. The molecule has 1 heterocycles. The standard InChI is InChI=1S/C19H18F2N2O/c1-10-11(2)22-18-7-5-14(8-15(10)18)19(24)23-12(3)13-4-6-16(20)17(21)9-13/h4-9,12,22H,1-3H3,(H,23,24). The Bertz CT molecular complexity index is 931. The Morgan fingerprint density at radius 2 is 1.83 bits per heavy atom. The van der Waals surface area contributed by atoms with Crippen LogP contribution in [0.3, 0.4) is 0 Å². The highest BCUT2D eigenvalue weighted by molar-refractivity contribution is 5.99. The second-order valence-electron chi connectivity index (χ2n) is 6.00. The van der Waals surface area contributed by atoms with Crippen LogP contribution in [0.25, 0.3) is 10.9 Å². The van der Waals surface area contributed by atoms with Crippen LogP contribution in [0.15, 0.2) is 36.4 Å². The minimum Gasteiger partial charge on any atom is -0.358 e. The lowest BCUT2D eigenvalue weighted by Crippen LogP contribution is -2.26. The number of aromatic nitrogens is 1. The van der Waals surface area contributed by atoms with E-state index in [2.05, 4.69) is 10.3 Å². The van der Waals surface area contributed by atoms with Gasteiger partial charge in [-0.15, -0.1) is 0 Å². The number of carbonyl (C=O) groups is 1. The largest absolute Gasteiger partial charge is 0.358 e. The van der Waals surface area contributed by atoms with Crippen LogP contribution in [0.2, 0.25) is 0 Å². The van der Waals surface area contributed by atoms with E-state index in [1.54, 1.807) is 13.0 Å². The summed E-state index contributed by atoms with van der Waals surface area (Å²) in [5, 5.41) is 3.81. The van der Waals surface area contributed by atoms with E-state index in [0.29, 0.717) is 11.1 Å². The summed E-state index contributed by atoms with van der Waals surface area (Å²) in [5.74, 6) is -2.08. The minimum absolute atomic E-state index is 0.257. The topological polar surface area (TPSA) is 44.9 Å². The number of rotatable bonds is 3. The summed E-state index contributed by atoms with van der Waals surface area (Å²) in [7, 11) is 0. The van der Waals surface area contributed by atoms with Gasteiger partial charge in [-0.3, -0.25) is 4.79 Å². The molecule has 1 amide bonds. The molecule has 0 aliphatic rings. The van der Waals surface area contributed by atoms with Gasteiger partial charge in [0.25, 0.3) is 5.91 Å². The molecule has 1 atom stereocenters. The van der Waals surface area contributed by atoms with Gasteiger partial charge >= 0.3 is 0 Å². The van der Waals surface area contributed by atoms with Gasteiger partial charge in [-0.1, -0.05) is 6.07 Å². The van der Waals surface area contributed by atoms with Crippen molar-refractivity contribution in [3.63, 3.8) is 0 Å². The SMILES string of the molecule is Cc1[nH]c2ccc(C(=O)NC(C)c3ccc(F)c(F)c3)cc2c1C. The highest BCUT2D eigenvalue weighted by atomic mass is 19.2. The summed E-state index contributed by atoms with van der Waals surface area (Å²) < 4.78 is 26.3. The number of aromatic amines is 1. The number of fused-ring (bicyclic) bond motifs is 1. The van der Waals surface area contributed by atoms with Crippen LogP contribution in [-0.4, -0.2) is 10.9 Å². The number of nitrogens with one attached hydrogen (secondary N) is 2. The van der Waals surface area contributed by atoms with E-state index >= 15 is 0 Å². The van der Waals surface area contributed by atoms with Gasteiger partial charge in [0, 0.05) is 22.2 Å². The maximum atomic E-state index is 13.3. The second kappa shape index (κ2) is 6.07. The fraction of sp³-hybridized carbons (Fsp3) is 0.211. The van der Waals surface area contributed by atoms with Gasteiger partial charge in [0.1, 0.15) is 0 Å². The monoisotopic (exact) mass is 328 g/mol. The van der Waals surface area contributed by atoms with Crippen LogP contribution in [0.1, 0.15) is 40.1 Å². The van der Waals surface area contributed by atoms with Crippen molar-refractivity contribution in [3.8, 4) is 0 Å². The lowest BCUT2D eigenvalue weighted by atomic mass is 10.1. The van der Waals surface area contributed by atoms with Crippen molar-refractivity contribution in [2.45, 2.75) is 26.8 Å². The van der Waals surface area contributed by atoms with Gasteiger partial charge in [0.2, 0.25) is 0 Å². The molecule has 1 unspecified atom stereocenters. The Morgan fingerprint density at radius 3 is 2.54 bits per heavy atom. The van der Waals surface area contributed by atoms with Crippen molar-refractivity contribution in [3.05, 3.63) is 70.4 Å². The lowest BCUT2D eigenvalue weighted by molar-refractivity contribution is 0.0940. The van der Waals surface area contributed by atoms with Gasteiger partial charge in [-0.25, -0.2) is 8.78 Å². The maximum Gasteiger partial charge on any atom is 0.251 e. The van der Waals surface area contributed by atoms with E-state index in [1.807, 2.05) is 26.0 Å². The first kappa shape index (κ1) is 16.2. The lowest BCUT2D eigenvalue weighted by Gasteiger charge is -2.15. The number of benzene rings is 2. The van der Waals surface area contributed by atoms with E-state index in [9.17, 15) is 13.6 Å². The highest BCUT2D eigenvalue weighted by Gasteiger charge is 2.15. The number of amides is 1. The zero-order chi connectivity index (χ0) is 17.4. The third-order valence-electron chi connectivity index (χ3n) is 4.36. The molecule has 0 spiro atoms. The fourth-order valence-electron chi connectivity index (χ4n) is 2.75. The Kier molecular flexibility index (Phi) is 4.09. The van der Waals surface area contributed by atoms with E-state index in [-0.39, 0.29) is 5.91 Å². The highest BCUT2D eigenvalue weighted by Crippen LogP contribution is 2.23. The molecular weight excluding hydrogens is 310 g/mol. The third-order valence-corrected chi connectivity index (χ3v) is 4.36. The van der Waals surface area contributed by atoms with Crippen LogP contribution in [0, 0.1) is 25.5 Å². The van der Waals surface area contributed by atoms with Gasteiger partial charge < -0.3 is 10.3 Å². The van der Waals surface area contributed by atoms with E-state index in [4.69, 9.17) is 0 Å². The van der Waals surface area contributed by atoms with Crippen molar-refractivity contribution in [2.75, 3.05) is 0 Å². The van der Waals surface area contributed by atoms with Crippen LogP contribution in [-0.2, 0) is 0 Å². The molecule has 3 rings (SSSR count). The average molecular weight is 328 g/mol. The zero-order valence-electron chi connectivity index (χ0n) is 13.7. The molecular formula is C19H18F2N2O. The normalized spacial score (nSPS) is 12.4. The van der Waals surface area contributed by atoms with Crippen molar-refractivity contribution in [1.82, 2.24) is 10.3 Å². The van der Waals surface area contributed by atoms with Gasteiger partial charge in [-0.05, 0) is 62.2 Å². The van der Waals surface area contributed by atoms with E-state index < -0.39 is 17.7 Å². The summed E-state index contributed by atoms with van der Waals surface area (Å²) in [6.45, 7) is 5.72. The number of H-pyrrole nitrogens is 1. The van der Waals surface area contributed by atoms with Crippen molar-refractivity contribution >= 4 is 16.8 Å². The van der Waals surface area contributed by atoms with Crippen LogP contribution in [0.4, 0.5) is 8.78 Å². The van der Waals surface area contributed by atoms with Crippen LogP contribution in [0.5, 0.6) is 0 Å². The Hall–Kier alpha value is -2.69. The number of aryl methyl sites for hydroxylation is 2. The summed E-state index contributed by atoms with van der Waals surface area (Å²) in [4.78, 5) is 15.7. The molecule has 124 valence electrons. The first-order valence-electron chi connectivity index (χ1n) is 7.71. The Labute approximate surface area is 138 Å². The number of hydrogen-bond donors (Lipinski definition) is 2. The minimum atomic E-state index is -0.923. The Balaban J connectivity index is 1.83. The zero-order valence-corrected chi connectivity index (χ0v) is 13.7. The summed E-state index contributed by atoms with van der Waals surface area (Å²) in [6, 6.07) is 8.64. The molecule has 2 aromatic carbocycles. The second-order valence-corrected chi connectivity index (χ2v) is 6.00. The molecule has 0 saturated heterocycles. The predicted molar refractivity (Wildman–Crippen MR) is 90.0 cm³/mol.